The fourth-order valence-corrected chi connectivity index (χ4v) is 4.20. The van der Waals surface area contributed by atoms with Gasteiger partial charge in [0, 0.05) is 6.04 Å². The van der Waals surface area contributed by atoms with E-state index in [-0.39, 0.29) is 5.41 Å². The molecule has 1 N–H and O–H groups in total. The third-order valence-corrected chi connectivity index (χ3v) is 6.66. The molecule has 3 rings (SSSR count). The Balaban J connectivity index is 1.56. The molecular formula is C19H26N2. The van der Waals surface area contributed by atoms with Gasteiger partial charge in [-0.3, -0.25) is 0 Å². The van der Waals surface area contributed by atoms with E-state index in [2.05, 4.69) is 51.2 Å². The number of rotatable bonds is 4. The van der Waals surface area contributed by atoms with Gasteiger partial charge in [0.2, 0.25) is 0 Å². The van der Waals surface area contributed by atoms with Crippen molar-refractivity contribution in [3.05, 3.63) is 35.9 Å². The fourth-order valence-electron chi connectivity index (χ4n) is 4.20. The Morgan fingerprint density at radius 2 is 1.67 bits per heavy atom. The van der Waals surface area contributed by atoms with Gasteiger partial charge in [-0.15, -0.1) is 0 Å². The molecule has 2 aliphatic carbocycles. The minimum Gasteiger partial charge on any atom is -0.314 e. The quantitative estimate of drug-likeness (QED) is 0.909. The first-order chi connectivity index (χ1) is 9.83. The van der Waals surface area contributed by atoms with Crippen LogP contribution in [0.15, 0.2) is 30.3 Å². The van der Waals surface area contributed by atoms with Crippen molar-refractivity contribution < 1.29 is 0 Å². The minimum absolute atomic E-state index is 0.256. The summed E-state index contributed by atoms with van der Waals surface area (Å²) < 4.78 is 0. The summed E-state index contributed by atoms with van der Waals surface area (Å²) in [5.74, 6) is 0.749. The number of hydrogen-bond donors (Lipinski definition) is 1. The van der Waals surface area contributed by atoms with Crippen LogP contribution in [0.4, 0.5) is 0 Å². The van der Waals surface area contributed by atoms with Gasteiger partial charge in [0.25, 0.3) is 0 Å². The predicted octanol–water partition coefficient (Wildman–Crippen LogP) is 3.88. The SMILES string of the molecule is CC1(C)C(CNC2CC(C#N)(c3ccccc3)C2)C1(C)C. The van der Waals surface area contributed by atoms with E-state index in [1.165, 1.54) is 5.56 Å². The van der Waals surface area contributed by atoms with Crippen LogP contribution in [-0.4, -0.2) is 12.6 Å². The molecule has 21 heavy (non-hydrogen) atoms. The molecule has 0 amide bonds. The van der Waals surface area contributed by atoms with Crippen molar-refractivity contribution in [1.29, 1.82) is 5.26 Å². The van der Waals surface area contributed by atoms with Gasteiger partial charge in [-0.1, -0.05) is 58.0 Å². The lowest BCUT2D eigenvalue weighted by atomic mass is 9.62. The molecule has 112 valence electrons. The smallest absolute Gasteiger partial charge is 0.0852 e. The molecule has 2 saturated carbocycles. The molecule has 2 heteroatoms. The van der Waals surface area contributed by atoms with Crippen LogP contribution in [0.25, 0.3) is 0 Å². The highest BCUT2D eigenvalue weighted by molar-refractivity contribution is 5.37. The monoisotopic (exact) mass is 282 g/mol. The van der Waals surface area contributed by atoms with Gasteiger partial charge in [0.05, 0.1) is 11.5 Å². The van der Waals surface area contributed by atoms with Gasteiger partial charge in [-0.2, -0.15) is 5.26 Å². The Labute approximate surface area is 128 Å². The Bertz CT molecular complexity index is 545. The van der Waals surface area contributed by atoms with Gasteiger partial charge < -0.3 is 5.32 Å². The molecule has 1 aromatic rings. The summed E-state index contributed by atoms with van der Waals surface area (Å²) >= 11 is 0. The number of nitriles is 1. The molecular weight excluding hydrogens is 256 g/mol. The summed E-state index contributed by atoms with van der Waals surface area (Å²) in [5, 5.41) is 13.3. The van der Waals surface area contributed by atoms with Crippen LogP contribution in [0.1, 0.15) is 46.1 Å². The van der Waals surface area contributed by atoms with Gasteiger partial charge in [0.15, 0.2) is 0 Å². The van der Waals surface area contributed by atoms with Crippen molar-refractivity contribution in [2.45, 2.75) is 52.0 Å². The maximum Gasteiger partial charge on any atom is 0.0852 e. The summed E-state index contributed by atoms with van der Waals surface area (Å²) in [6.45, 7) is 10.5. The zero-order valence-corrected chi connectivity index (χ0v) is 13.6. The molecule has 2 aliphatic rings. The lowest BCUT2D eigenvalue weighted by molar-refractivity contribution is 0.222. The third-order valence-electron chi connectivity index (χ3n) is 6.66. The topological polar surface area (TPSA) is 35.8 Å². The Hall–Kier alpha value is -1.33. The van der Waals surface area contributed by atoms with E-state index < -0.39 is 0 Å². The molecule has 0 spiro atoms. The third kappa shape index (κ3) is 2.10. The molecule has 2 fully saturated rings. The van der Waals surface area contributed by atoms with Crippen LogP contribution in [0.2, 0.25) is 0 Å². The van der Waals surface area contributed by atoms with E-state index in [1.54, 1.807) is 0 Å². The molecule has 2 nitrogen and oxygen atoms in total. The average molecular weight is 282 g/mol. The van der Waals surface area contributed by atoms with Gasteiger partial charge in [0.1, 0.15) is 0 Å². The second-order valence-electron chi connectivity index (χ2n) is 8.07. The molecule has 0 saturated heterocycles. The van der Waals surface area contributed by atoms with Crippen molar-refractivity contribution >= 4 is 0 Å². The van der Waals surface area contributed by atoms with E-state index in [4.69, 9.17) is 0 Å². The average Bonchev–Trinajstić information content (AvgIpc) is 2.80. The van der Waals surface area contributed by atoms with Crippen molar-refractivity contribution in [1.82, 2.24) is 5.32 Å². The van der Waals surface area contributed by atoms with E-state index in [1.807, 2.05) is 18.2 Å². The zero-order valence-electron chi connectivity index (χ0n) is 13.6. The molecule has 0 aliphatic heterocycles. The number of hydrogen-bond acceptors (Lipinski definition) is 2. The van der Waals surface area contributed by atoms with E-state index in [0.717, 1.165) is 25.3 Å². The van der Waals surface area contributed by atoms with Gasteiger partial charge >= 0.3 is 0 Å². The maximum atomic E-state index is 9.59. The van der Waals surface area contributed by atoms with Gasteiger partial charge in [-0.05, 0) is 41.7 Å². The summed E-state index contributed by atoms with van der Waals surface area (Å²) in [4.78, 5) is 0. The predicted molar refractivity (Wildman–Crippen MR) is 85.8 cm³/mol. The highest BCUT2D eigenvalue weighted by atomic mass is 15.0. The Kier molecular flexibility index (Phi) is 3.19. The van der Waals surface area contributed by atoms with Crippen molar-refractivity contribution in [3.8, 4) is 6.07 Å². The van der Waals surface area contributed by atoms with Crippen LogP contribution >= 0.6 is 0 Å². The molecule has 0 radical (unpaired) electrons. The molecule has 0 aromatic heterocycles. The molecule has 0 unspecified atom stereocenters. The second kappa shape index (κ2) is 4.58. The Morgan fingerprint density at radius 1 is 1.10 bits per heavy atom. The van der Waals surface area contributed by atoms with Crippen LogP contribution in [0.5, 0.6) is 0 Å². The van der Waals surface area contributed by atoms with Crippen molar-refractivity contribution in [2.75, 3.05) is 6.54 Å². The number of benzene rings is 1. The van der Waals surface area contributed by atoms with Crippen molar-refractivity contribution in [2.24, 2.45) is 16.7 Å². The summed E-state index contributed by atoms with van der Waals surface area (Å²) in [7, 11) is 0. The first-order valence-corrected chi connectivity index (χ1v) is 8.04. The standard InChI is InChI=1S/C19H26N2/c1-17(2)16(18(17,3)4)12-21-15-10-19(11-15,13-20)14-8-6-5-7-9-14/h5-9,15-16,21H,10-12H2,1-4H3. The highest BCUT2D eigenvalue weighted by Crippen LogP contribution is 2.68. The molecule has 1 aromatic carbocycles. The first-order valence-electron chi connectivity index (χ1n) is 8.04. The lowest BCUT2D eigenvalue weighted by Crippen LogP contribution is -2.51. The van der Waals surface area contributed by atoms with E-state index >= 15 is 0 Å². The lowest BCUT2D eigenvalue weighted by Gasteiger charge is -2.43. The normalized spacial score (nSPS) is 33.0. The summed E-state index contributed by atoms with van der Waals surface area (Å²) in [5.41, 5.74) is 1.80. The fraction of sp³-hybridized carbons (Fsp3) is 0.632. The van der Waals surface area contributed by atoms with Crippen LogP contribution in [0.3, 0.4) is 0 Å². The Morgan fingerprint density at radius 3 is 2.14 bits per heavy atom. The zero-order chi connectivity index (χ0) is 15.3. The summed E-state index contributed by atoms with van der Waals surface area (Å²) in [6.07, 6.45) is 1.89. The second-order valence-corrected chi connectivity index (χ2v) is 8.07. The first kappa shape index (κ1) is 14.6. The summed E-state index contributed by atoms with van der Waals surface area (Å²) in [6, 6.07) is 13.3. The molecule has 0 heterocycles. The van der Waals surface area contributed by atoms with Crippen LogP contribution in [-0.2, 0) is 5.41 Å². The maximum absolute atomic E-state index is 9.59. The number of nitrogens with zero attached hydrogens (tertiary/aromatic N) is 1. The minimum atomic E-state index is -0.256. The highest BCUT2D eigenvalue weighted by Gasteiger charge is 2.64. The largest absolute Gasteiger partial charge is 0.314 e. The molecule has 0 bridgehead atoms. The molecule has 0 atom stereocenters. The number of nitrogens with one attached hydrogen (secondary N) is 1. The van der Waals surface area contributed by atoms with E-state index in [0.29, 0.717) is 16.9 Å². The van der Waals surface area contributed by atoms with Gasteiger partial charge in [-0.25, -0.2) is 0 Å². The van der Waals surface area contributed by atoms with Crippen LogP contribution < -0.4 is 5.32 Å². The van der Waals surface area contributed by atoms with Crippen molar-refractivity contribution in [3.63, 3.8) is 0 Å². The van der Waals surface area contributed by atoms with Crippen LogP contribution in [0, 0.1) is 28.1 Å². The van der Waals surface area contributed by atoms with E-state index in [9.17, 15) is 5.26 Å².